The molecule has 1 aliphatic carbocycles. The Kier molecular flexibility index (Phi) is 4.19. The Bertz CT molecular complexity index is 369. The van der Waals surface area contributed by atoms with Crippen LogP contribution in [0, 0.1) is 5.92 Å². The van der Waals surface area contributed by atoms with Crippen LogP contribution in [0.2, 0.25) is 0 Å². The Balaban J connectivity index is 2.25. The molecule has 0 saturated carbocycles. The zero-order valence-electron chi connectivity index (χ0n) is 11.0. The molecule has 2 heteroatoms. The Labute approximate surface area is 105 Å². The molecule has 0 aromatic heterocycles. The fourth-order valence-electron chi connectivity index (χ4n) is 3.05. The van der Waals surface area contributed by atoms with Crippen LogP contribution in [0.1, 0.15) is 55.8 Å². The Morgan fingerprint density at radius 3 is 2.53 bits per heavy atom. The average Bonchev–Trinajstić information content (AvgIpc) is 2.82. The van der Waals surface area contributed by atoms with E-state index in [4.69, 9.17) is 5.84 Å². The third-order valence-electron chi connectivity index (χ3n) is 4.18. The zero-order valence-corrected chi connectivity index (χ0v) is 11.0. The van der Waals surface area contributed by atoms with E-state index in [-0.39, 0.29) is 0 Å². The molecule has 1 atom stereocenters. The number of aryl methyl sites for hydroxylation is 2. The van der Waals surface area contributed by atoms with Gasteiger partial charge in [-0.1, -0.05) is 44.9 Å². The predicted molar refractivity (Wildman–Crippen MR) is 72.6 cm³/mol. The first-order valence-electron chi connectivity index (χ1n) is 6.88. The standard InChI is InChI=1S/C15H24N2/c1-3-11(4-2)15(17-16)14-9-8-12-6-5-7-13(12)10-14/h8-11,15,17H,3-7,16H2,1-2H3. The lowest BCUT2D eigenvalue weighted by Gasteiger charge is -2.25. The number of benzene rings is 1. The second-order valence-corrected chi connectivity index (χ2v) is 5.10. The second-order valence-electron chi connectivity index (χ2n) is 5.10. The van der Waals surface area contributed by atoms with Gasteiger partial charge in [0.2, 0.25) is 0 Å². The number of nitrogens with two attached hydrogens (primary N) is 1. The quantitative estimate of drug-likeness (QED) is 0.604. The van der Waals surface area contributed by atoms with Crippen molar-refractivity contribution in [1.29, 1.82) is 0 Å². The van der Waals surface area contributed by atoms with Crippen LogP contribution in [-0.2, 0) is 12.8 Å². The van der Waals surface area contributed by atoms with Crippen LogP contribution < -0.4 is 11.3 Å². The summed E-state index contributed by atoms with van der Waals surface area (Å²) in [4.78, 5) is 0. The molecule has 0 aliphatic heterocycles. The second kappa shape index (κ2) is 5.65. The molecule has 2 rings (SSSR count). The summed E-state index contributed by atoms with van der Waals surface area (Å²) in [5, 5.41) is 0. The highest BCUT2D eigenvalue weighted by molar-refractivity contribution is 5.36. The number of rotatable bonds is 5. The summed E-state index contributed by atoms with van der Waals surface area (Å²) in [7, 11) is 0. The molecule has 0 fully saturated rings. The number of hydrogen-bond acceptors (Lipinski definition) is 2. The van der Waals surface area contributed by atoms with E-state index in [9.17, 15) is 0 Å². The van der Waals surface area contributed by atoms with Gasteiger partial charge in [-0.2, -0.15) is 0 Å². The van der Waals surface area contributed by atoms with Crippen LogP contribution in [0.25, 0.3) is 0 Å². The maximum absolute atomic E-state index is 5.75. The first kappa shape index (κ1) is 12.6. The predicted octanol–water partition coefficient (Wildman–Crippen LogP) is 3.12. The van der Waals surface area contributed by atoms with Crippen LogP contribution >= 0.6 is 0 Å². The number of hydrazine groups is 1. The molecule has 0 heterocycles. The summed E-state index contributed by atoms with van der Waals surface area (Å²) in [6.45, 7) is 4.48. The molecule has 1 unspecified atom stereocenters. The molecule has 0 spiro atoms. The lowest BCUT2D eigenvalue weighted by atomic mass is 9.88. The van der Waals surface area contributed by atoms with Gasteiger partial charge >= 0.3 is 0 Å². The molecule has 0 bridgehead atoms. The van der Waals surface area contributed by atoms with Crippen molar-refractivity contribution >= 4 is 0 Å². The highest BCUT2D eigenvalue weighted by atomic mass is 15.2. The summed E-state index contributed by atoms with van der Waals surface area (Å²) in [6, 6.07) is 7.22. The van der Waals surface area contributed by atoms with Crippen molar-refractivity contribution in [3.05, 3.63) is 34.9 Å². The smallest absolute Gasteiger partial charge is 0.0488 e. The van der Waals surface area contributed by atoms with Crippen molar-refractivity contribution in [3.8, 4) is 0 Å². The Morgan fingerprint density at radius 2 is 1.88 bits per heavy atom. The maximum atomic E-state index is 5.75. The van der Waals surface area contributed by atoms with Crippen molar-refractivity contribution in [1.82, 2.24) is 5.43 Å². The van der Waals surface area contributed by atoms with Crippen molar-refractivity contribution in [3.63, 3.8) is 0 Å². The van der Waals surface area contributed by atoms with Crippen LogP contribution in [0.4, 0.5) is 0 Å². The van der Waals surface area contributed by atoms with E-state index < -0.39 is 0 Å². The van der Waals surface area contributed by atoms with E-state index in [1.54, 1.807) is 0 Å². The highest BCUT2D eigenvalue weighted by Crippen LogP contribution is 2.30. The van der Waals surface area contributed by atoms with Crippen LogP contribution in [0.5, 0.6) is 0 Å². The average molecular weight is 232 g/mol. The Morgan fingerprint density at radius 1 is 1.18 bits per heavy atom. The van der Waals surface area contributed by atoms with E-state index in [2.05, 4.69) is 37.5 Å². The van der Waals surface area contributed by atoms with Crippen LogP contribution in [0.3, 0.4) is 0 Å². The zero-order chi connectivity index (χ0) is 12.3. The third kappa shape index (κ3) is 2.53. The third-order valence-corrected chi connectivity index (χ3v) is 4.18. The van der Waals surface area contributed by atoms with Gasteiger partial charge in [-0.15, -0.1) is 0 Å². The van der Waals surface area contributed by atoms with Crippen molar-refractivity contribution in [2.45, 2.75) is 52.0 Å². The molecule has 0 amide bonds. The summed E-state index contributed by atoms with van der Waals surface area (Å²) in [6.07, 6.45) is 6.14. The lowest BCUT2D eigenvalue weighted by Crippen LogP contribution is -2.33. The number of nitrogens with one attached hydrogen (secondary N) is 1. The molecule has 94 valence electrons. The molecule has 3 N–H and O–H groups in total. The molecule has 0 saturated heterocycles. The topological polar surface area (TPSA) is 38.0 Å². The van der Waals surface area contributed by atoms with E-state index in [1.165, 1.54) is 48.8 Å². The molecule has 1 aliphatic rings. The van der Waals surface area contributed by atoms with E-state index in [1.807, 2.05) is 0 Å². The van der Waals surface area contributed by atoms with E-state index >= 15 is 0 Å². The first-order valence-corrected chi connectivity index (χ1v) is 6.88. The van der Waals surface area contributed by atoms with Crippen LogP contribution in [0.15, 0.2) is 18.2 Å². The lowest BCUT2D eigenvalue weighted by molar-refractivity contribution is 0.345. The van der Waals surface area contributed by atoms with Crippen molar-refractivity contribution in [2.75, 3.05) is 0 Å². The summed E-state index contributed by atoms with van der Waals surface area (Å²) < 4.78 is 0. The molecular weight excluding hydrogens is 208 g/mol. The van der Waals surface area contributed by atoms with Gasteiger partial charge in [0.15, 0.2) is 0 Å². The monoisotopic (exact) mass is 232 g/mol. The Hall–Kier alpha value is -0.860. The summed E-state index contributed by atoms with van der Waals surface area (Å²) >= 11 is 0. The van der Waals surface area contributed by atoms with E-state index in [0.717, 1.165) is 0 Å². The fourth-order valence-corrected chi connectivity index (χ4v) is 3.05. The van der Waals surface area contributed by atoms with Gasteiger partial charge < -0.3 is 0 Å². The summed E-state index contributed by atoms with van der Waals surface area (Å²) in [5.74, 6) is 6.38. The van der Waals surface area contributed by atoms with Gasteiger partial charge in [0, 0.05) is 6.04 Å². The molecule has 0 radical (unpaired) electrons. The molecule has 2 nitrogen and oxygen atoms in total. The van der Waals surface area contributed by atoms with Gasteiger partial charge in [0.1, 0.15) is 0 Å². The van der Waals surface area contributed by atoms with E-state index in [0.29, 0.717) is 12.0 Å². The summed E-state index contributed by atoms with van der Waals surface area (Å²) in [5.41, 5.74) is 7.45. The minimum Gasteiger partial charge on any atom is -0.271 e. The van der Waals surface area contributed by atoms with Gasteiger partial charge in [0.25, 0.3) is 0 Å². The van der Waals surface area contributed by atoms with Crippen LogP contribution in [-0.4, -0.2) is 0 Å². The van der Waals surface area contributed by atoms with Crippen molar-refractivity contribution < 1.29 is 0 Å². The molecule has 1 aromatic rings. The number of fused-ring (bicyclic) bond motifs is 1. The first-order chi connectivity index (χ1) is 8.30. The molecular formula is C15H24N2. The van der Waals surface area contributed by atoms with Gasteiger partial charge in [0.05, 0.1) is 0 Å². The fraction of sp³-hybridized carbons (Fsp3) is 0.600. The van der Waals surface area contributed by atoms with Gasteiger partial charge in [-0.3, -0.25) is 11.3 Å². The molecule has 1 aromatic carbocycles. The normalized spacial score (nSPS) is 16.2. The van der Waals surface area contributed by atoms with Gasteiger partial charge in [-0.05, 0) is 41.9 Å². The largest absolute Gasteiger partial charge is 0.271 e. The minimum atomic E-state index is 0.302. The van der Waals surface area contributed by atoms with Crippen molar-refractivity contribution in [2.24, 2.45) is 11.8 Å². The maximum Gasteiger partial charge on any atom is 0.0488 e. The number of hydrogen-bond donors (Lipinski definition) is 2. The minimum absolute atomic E-state index is 0.302. The van der Waals surface area contributed by atoms with Gasteiger partial charge in [-0.25, -0.2) is 0 Å². The highest BCUT2D eigenvalue weighted by Gasteiger charge is 2.20. The SMILES string of the molecule is CCC(CC)C(NN)c1ccc2c(c1)CCC2. The molecule has 17 heavy (non-hydrogen) atoms.